The van der Waals surface area contributed by atoms with Gasteiger partial charge in [0.1, 0.15) is 0 Å². The summed E-state index contributed by atoms with van der Waals surface area (Å²) in [6.45, 7) is 3.26. The third-order valence-corrected chi connectivity index (χ3v) is 4.58. The van der Waals surface area contributed by atoms with E-state index in [1.807, 2.05) is 0 Å². The number of rotatable bonds is 4. The van der Waals surface area contributed by atoms with E-state index in [-0.39, 0.29) is 10.8 Å². The number of aryl methyl sites for hydroxylation is 1. The van der Waals surface area contributed by atoms with Crippen LogP contribution in [0.3, 0.4) is 0 Å². The zero-order chi connectivity index (χ0) is 14.8. The summed E-state index contributed by atoms with van der Waals surface area (Å²) in [6, 6.07) is 4.07. The molecule has 0 aromatic heterocycles. The average molecular weight is 285 g/mol. The van der Waals surface area contributed by atoms with Gasteiger partial charge in [-0.2, -0.15) is 0 Å². The van der Waals surface area contributed by atoms with E-state index in [2.05, 4.69) is 5.32 Å². The summed E-state index contributed by atoms with van der Waals surface area (Å²) < 4.78 is 25.4. The number of hydrogen-bond acceptors (Lipinski definition) is 4. The standard InChI is InChI=1S/C12H19N3O3S/c1-8-5-6-10(14-12(16)9(2)13)7-11(8)19(17,18)15(3)4/h5-7,9H,13H2,1-4H3,(H,14,16)/t9-/m0/s1. The van der Waals surface area contributed by atoms with Crippen molar-refractivity contribution < 1.29 is 13.2 Å². The van der Waals surface area contributed by atoms with Crippen LogP contribution in [0, 0.1) is 6.92 Å². The monoisotopic (exact) mass is 285 g/mol. The van der Waals surface area contributed by atoms with Crippen molar-refractivity contribution in [2.24, 2.45) is 5.73 Å². The molecule has 0 heterocycles. The Balaban J connectivity index is 3.19. The molecule has 1 aromatic carbocycles. The van der Waals surface area contributed by atoms with Crippen LogP contribution in [0.5, 0.6) is 0 Å². The number of hydrogen-bond donors (Lipinski definition) is 2. The fourth-order valence-corrected chi connectivity index (χ4v) is 2.55. The lowest BCUT2D eigenvalue weighted by Crippen LogP contribution is -2.32. The number of carbonyl (C=O) groups excluding carboxylic acids is 1. The highest BCUT2D eigenvalue weighted by atomic mass is 32.2. The van der Waals surface area contributed by atoms with Crippen molar-refractivity contribution >= 4 is 21.6 Å². The van der Waals surface area contributed by atoms with Crippen LogP contribution in [0.1, 0.15) is 12.5 Å². The molecular formula is C12H19N3O3S. The summed E-state index contributed by atoms with van der Waals surface area (Å²) in [4.78, 5) is 11.7. The number of amides is 1. The first-order valence-corrected chi connectivity index (χ1v) is 7.20. The highest BCUT2D eigenvalue weighted by Crippen LogP contribution is 2.22. The topological polar surface area (TPSA) is 92.5 Å². The molecule has 1 aromatic rings. The maximum atomic E-state index is 12.1. The van der Waals surface area contributed by atoms with Crippen molar-refractivity contribution in [3.8, 4) is 0 Å². The Hall–Kier alpha value is -1.44. The van der Waals surface area contributed by atoms with Gasteiger partial charge in [-0.05, 0) is 31.5 Å². The van der Waals surface area contributed by atoms with Gasteiger partial charge in [0.05, 0.1) is 10.9 Å². The highest BCUT2D eigenvalue weighted by Gasteiger charge is 2.20. The average Bonchev–Trinajstić information content (AvgIpc) is 2.30. The number of nitrogens with zero attached hydrogens (tertiary/aromatic N) is 1. The molecule has 1 atom stereocenters. The first kappa shape index (κ1) is 15.6. The number of sulfonamides is 1. The van der Waals surface area contributed by atoms with Gasteiger partial charge >= 0.3 is 0 Å². The Kier molecular flexibility index (Phi) is 4.67. The van der Waals surface area contributed by atoms with Gasteiger partial charge in [-0.15, -0.1) is 0 Å². The molecule has 0 spiro atoms. The fourth-order valence-electron chi connectivity index (χ4n) is 1.41. The van der Waals surface area contributed by atoms with Crippen molar-refractivity contribution in [2.75, 3.05) is 19.4 Å². The molecule has 0 unspecified atom stereocenters. The molecule has 0 bridgehead atoms. The molecule has 19 heavy (non-hydrogen) atoms. The van der Waals surface area contributed by atoms with Crippen LogP contribution in [0.4, 0.5) is 5.69 Å². The molecule has 1 rings (SSSR count). The van der Waals surface area contributed by atoms with E-state index in [4.69, 9.17) is 5.73 Å². The summed E-state index contributed by atoms with van der Waals surface area (Å²) in [5.74, 6) is -0.364. The van der Waals surface area contributed by atoms with Crippen molar-refractivity contribution in [3.05, 3.63) is 23.8 Å². The normalized spacial score (nSPS) is 13.4. The van der Waals surface area contributed by atoms with Gasteiger partial charge < -0.3 is 11.1 Å². The Labute approximate surface area is 113 Å². The van der Waals surface area contributed by atoms with E-state index in [9.17, 15) is 13.2 Å². The molecule has 0 fully saturated rings. The van der Waals surface area contributed by atoms with Crippen LogP contribution in [0.15, 0.2) is 23.1 Å². The van der Waals surface area contributed by atoms with Crippen LogP contribution >= 0.6 is 0 Å². The van der Waals surface area contributed by atoms with E-state index in [1.54, 1.807) is 26.0 Å². The van der Waals surface area contributed by atoms with E-state index in [0.29, 0.717) is 11.3 Å². The minimum Gasteiger partial charge on any atom is -0.325 e. The zero-order valence-electron chi connectivity index (χ0n) is 11.5. The maximum absolute atomic E-state index is 12.1. The first-order chi connectivity index (χ1) is 8.66. The second-order valence-corrected chi connectivity index (χ2v) is 6.67. The maximum Gasteiger partial charge on any atom is 0.242 e. The minimum absolute atomic E-state index is 0.167. The molecule has 106 valence electrons. The lowest BCUT2D eigenvalue weighted by Gasteiger charge is -2.15. The summed E-state index contributed by atoms with van der Waals surface area (Å²) in [5.41, 5.74) is 6.48. The molecule has 3 N–H and O–H groups in total. The number of nitrogens with two attached hydrogens (primary N) is 1. The van der Waals surface area contributed by atoms with Crippen LogP contribution < -0.4 is 11.1 Å². The second-order valence-electron chi connectivity index (χ2n) is 4.55. The fraction of sp³-hybridized carbons (Fsp3) is 0.417. The van der Waals surface area contributed by atoms with E-state index in [1.165, 1.54) is 20.2 Å². The molecule has 0 saturated carbocycles. The van der Waals surface area contributed by atoms with Crippen molar-refractivity contribution in [1.82, 2.24) is 4.31 Å². The number of nitrogens with one attached hydrogen (secondary N) is 1. The van der Waals surface area contributed by atoms with Gasteiger partial charge in [0, 0.05) is 19.8 Å². The Morgan fingerprint density at radius 1 is 1.37 bits per heavy atom. The zero-order valence-corrected chi connectivity index (χ0v) is 12.3. The van der Waals surface area contributed by atoms with Crippen LogP contribution in [0.25, 0.3) is 0 Å². The molecule has 0 radical (unpaired) electrons. The minimum atomic E-state index is -3.54. The van der Waals surface area contributed by atoms with Crippen LogP contribution in [-0.2, 0) is 14.8 Å². The molecule has 0 aliphatic heterocycles. The molecule has 6 nitrogen and oxygen atoms in total. The van der Waals surface area contributed by atoms with E-state index < -0.39 is 16.1 Å². The van der Waals surface area contributed by atoms with Gasteiger partial charge in [0.15, 0.2) is 0 Å². The molecule has 7 heteroatoms. The molecule has 0 saturated heterocycles. The molecule has 0 aliphatic rings. The molecule has 1 amide bonds. The van der Waals surface area contributed by atoms with Gasteiger partial charge in [-0.1, -0.05) is 6.07 Å². The predicted molar refractivity (Wildman–Crippen MR) is 74.3 cm³/mol. The van der Waals surface area contributed by atoms with Crippen LogP contribution in [0.2, 0.25) is 0 Å². The summed E-state index contributed by atoms with van der Waals surface area (Å²) in [6.07, 6.45) is 0. The first-order valence-electron chi connectivity index (χ1n) is 5.76. The van der Waals surface area contributed by atoms with Gasteiger partial charge in [-0.25, -0.2) is 12.7 Å². The Bertz CT molecular complexity index is 580. The SMILES string of the molecule is Cc1ccc(NC(=O)[C@H](C)N)cc1S(=O)(=O)N(C)C. The third kappa shape index (κ3) is 3.52. The number of anilines is 1. The second kappa shape index (κ2) is 5.68. The lowest BCUT2D eigenvalue weighted by molar-refractivity contribution is -0.117. The van der Waals surface area contributed by atoms with Gasteiger partial charge in [0.2, 0.25) is 15.9 Å². The van der Waals surface area contributed by atoms with E-state index in [0.717, 1.165) is 4.31 Å². The number of carbonyl (C=O) groups is 1. The smallest absolute Gasteiger partial charge is 0.242 e. The van der Waals surface area contributed by atoms with Crippen molar-refractivity contribution in [1.29, 1.82) is 0 Å². The Morgan fingerprint density at radius 3 is 2.42 bits per heavy atom. The quantitative estimate of drug-likeness (QED) is 0.844. The third-order valence-electron chi connectivity index (χ3n) is 2.63. The lowest BCUT2D eigenvalue weighted by atomic mass is 10.2. The van der Waals surface area contributed by atoms with Gasteiger partial charge in [-0.3, -0.25) is 4.79 Å². The largest absolute Gasteiger partial charge is 0.325 e. The summed E-state index contributed by atoms with van der Waals surface area (Å²) >= 11 is 0. The highest BCUT2D eigenvalue weighted by molar-refractivity contribution is 7.89. The van der Waals surface area contributed by atoms with Crippen LogP contribution in [-0.4, -0.2) is 38.8 Å². The molecule has 0 aliphatic carbocycles. The van der Waals surface area contributed by atoms with Gasteiger partial charge in [0.25, 0.3) is 0 Å². The Morgan fingerprint density at radius 2 is 1.95 bits per heavy atom. The summed E-state index contributed by atoms with van der Waals surface area (Å²) in [5, 5.41) is 2.57. The predicted octanol–water partition coefficient (Wildman–Crippen LogP) is 0.531. The molecular weight excluding hydrogens is 266 g/mol. The number of benzene rings is 1. The van der Waals surface area contributed by atoms with E-state index >= 15 is 0 Å². The van der Waals surface area contributed by atoms with Crippen molar-refractivity contribution in [3.63, 3.8) is 0 Å². The summed E-state index contributed by atoms with van der Waals surface area (Å²) in [7, 11) is -0.615. The van der Waals surface area contributed by atoms with Crippen molar-refractivity contribution in [2.45, 2.75) is 24.8 Å².